The number of nitrogens with one attached hydrogen (secondary N) is 1. The first-order chi connectivity index (χ1) is 14.2. The van der Waals surface area contributed by atoms with Gasteiger partial charge in [0.25, 0.3) is 0 Å². The molecule has 3 heterocycles. The van der Waals surface area contributed by atoms with Crippen LogP contribution in [0.4, 0.5) is 11.4 Å². The Balaban J connectivity index is 1.34. The van der Waals surface area contributed by atoms with Gasteiger partial charge in [-0.1, -0.05) is 18.2 Å². The number of nitrogens with zero attached hydrogens (tertiary/aromatic N) is 2. The Bertz CT molecular complexity index is 1110. The van der Waals surface area contributed by atoms with Crippen LogP contribution in [0.3, 0.4) is 0 Å². The number of para-hydroxylation sites is 1. The summed E-state index contributed by atoms with van der Waals surface area (Å²) in [7, 11) is 0. The van der Waals surface area contributed by atoms with Crippen molar-refractivity contribution in [2.75, 3.05) is 30.0 Å². The van der Waals surface area contributed by atoms with E-state index in [2.05, 4.69) is 10.3 Å². The van der Waals surface area contributed by atoms with Gasteiger partial charge in [0.05, 0.1) is 17.1 Å². The molecule has 5 rings (SSSR count). The molecule has 7 heteroatoms. The molecule has 0 spiro atoms. The molecule has 0 radical (unpaired) electrons. The summed E-state index contributed by atoms with van der Waals surface area (Å²) in [5, 5.41) is 3.89. The fourth-order valence-corrected chi connectivity index (χ4v) is 3.77. The van der Waals surface area contributed by atoms with Crippen molar-refractivity contribution in [1.29, 1.82) is 0 Å². The van der Waals surface area contributed by atoms with Gasteiger partial charge in [-0.15, -0.1) is 0 Å². The third-order valence-corrected chi connectivity index (χ3v) is 5.22. The van der Waals surface area contributed by atoms with E-state index in [1.54, 1.807) is 23.2 Å². The lowest BCUT2D eigenvalue weighted by Gasteiger charge is -2.22. The molecule has 2 amide bonds. The molecular formula is C22H19N3O4. The minimum atomic E-state index is -0.435. The van der Waals surface area contributed by atoms with Crippen molar-refractivity contribution < 1.29 is 19.1 Å². The van der Waals surface area contributed by atoms with Gasteiger partial charge in [0, 0.05) is 36.3 Å². The molecule has 1 fully saturated rings. The molecule has 1 atom stereocenters. The zero-order valence-corrected chi connectivity index (χ0v) is 15.6. The molecule has 146 valence electrons. The van der Waals surface area contributed by atoms with E-state index in [9.17, 15) is 9.59 Å². The largest absolute Gasteiger partial charge is 0.486 e. The Kier molecular flexibility index (Phi) is 4.27. The van der Waals surface area contributed by atoms with Crippen molar-refractivity contribution in [2.24, 2.45) is 5.92 Å². The van der Waals surface area contributed by atoms with Crippen LogP contribution in [0.1, 0.15) is 6.42 Å². The normalized spacial score (nSPS) is 18.1. The predicted octanol–water partition coefficient (Wildman–Crippen LogP) is 3.00. The van der Waals surface area contributed by atoms with Crippen LogP contribution in [-0.2, 0) is 9.59 Å². The zero-order valence-electron chi connectivity index (χ0n) is 15.6. The van der Waals surface area contributed by atoms with E-state index in [1.165, 1.54) is 0 Å². The third kappa shape index (κ3) is 3.24. The molecule has 1 unspecified atom stereocenters. The second-order valence-corrected chi connectivity index (χ2v) is 7.10. The molecule has 2 aromatic carbocycles. The number of benzene rings is 2. The fourth-order valence-electron chi connectivity index (χ4n) is 3.77. The van der Waals surface area contributed by atoms with Crippen LogP contribution in [-0.4, -0.2) is 36.6 Å². The summed E-state index contributed by atoms with van der Waals surface area (Å²) in [5.74, 6) is 0.588. The molecule has 0 aliphatic carbocycles. The Hall–Kier alpha value is -3.61. The van der Waals surface area contributed by atoms with Gasteiger partial charge >= 0.3 is 0 Å². The number of hydrogen-bond acceptors (Lipinski definition) is 5. The summed E-state index contributed by atoms with van der Waals surface area (Å²) in [6, 6.07) is 14.9. The van der Waals surface area contributed by atoms with Crippen molar-refractivity contribution in [3.63, 3.8) is 0 Å². The maximum absolute atomic E-state index is 12.9. The van der Waals surface area contributed by atoms with Gasteiger partial charge in [-0.3, -0.25) is 14.6 Å². The molecule has 3 aromatic rings. The van der Waals surface area contributed by atoms with E-state index in [4.69, 9.17) is 9.47 Å². The van der Waals surface area contributed by atoms with Crippen LogP contribution >= 0.6 is 0 Å². The monoisotopic (exact) mass is 389 g/mol. The topological polar surface area (TPSA) is 80.8 Å². The Morgan fingerprint density at radius 3 is 2.79 bits per heavy atom. The average molecular weight is 389 g/mol. The highest BCUT2D eigenvalue weighted by Gasteiger charge is 2.35. The maximum Gasteiger partial charge on any atom is 0.229 e. The van der Waals surface area contributed by atoms with Crippen LogP contribution in [0, 0.1) is 5.92 Å². The lowest BCUT2D eigenvalue weighted by Crippen LogP contribution is -2.28. The number of aromatic nitrogens is 1. The highest BCUT2D eigenvalue weighted by atomic mass is 16.6. The number of hydrogen-bond donors (Lipinski definition) is 1. The van der Waals surface area contributed by atoms with Gasteiger partial charge in [0.2, 0.25) is 11.8 Å². The second kappa shape index (κ2) is 7.09. The van der Waals surface area contributed by atoms with E-state index >= 15 is 0 Å². The van der Waals surface area contributed by atoms with Gasteiger partial charge in [-0.2, -0.15) is 0 Å². The predicted molar refractivity (Wildman–Crippen MR) is 108 cm³/mol. The Labute approximate surface area is 167 Å². The van der Waals surface area contributed by atoms with Crippen molar-refractivity contribution >= 4 is 34.1 Å². The number of rotatable bonds is 3. The molecule has 1 aromatic heterocycles. The van der Waals surface area contributed by atoms with Crippen molar-refractivity contribution in [2.45, 2.75) is 6.42 Å². The van der Waals surface area contributed by atoms with Crippen LogP contribution in [0.15, 0.2) is 54.7 Å². The molecular weight excluding hydrogens is 370 g/mol. The summed E-state index contributed by atoms with van der Waals surface area (Å²) in [6.45, 7) is 1.32. The van der Waals surface area contributed by atoms with Crippen LogP contribution in [0.5, 0.6) is 11.5 Å². The van der Waals surface area contributed by atoms with Gasteiger partial charge in [0.1, 0.15) is 13.2 Å². The lowest BCUT2D eigenvalue weighted by atomic mass is 10.1. The maximum atomic E-state index is 12.9. The minimum Gasteiger partial charge on any atom is -0.486 e. The first-order valence-corrected chi connectivity index (χ1v) is 9.54. The Morgan fingerprint density at radius 1 is 1.07 bits per heavy atom. The fraction of sp³-hybridized carbons (Fsp3) is 0.227. The van der Waals surface area contributed by atoms with Crippen molar-refractivity contribution in [3.05, 3.63) is 54.7 Å². The highest BCUT2D eigenvalue weighted by molar-refractivity contribution is 6.06. The Morgan fingerprint density at radius 2 is 1.90 bits per heavy atom. The minimum absolute atomic E-state index is 0.0853. The number of ether oxygens (including phenoxy) is 2. The smallest absolute Gasteiger partial charge is 0.229 e. The van der Waals surface area contributed by atoms with E-state index < -0.39 is 5.92 Å². The molecule has 0 saturated carbocycles. The lowest BCUT2D eigenvalue weighted by molar-refractivity contribution is -0.122. The zero-order chi connectivity index (χ0) is 19.8. The highest BCUT2D eigenvalue weighted by Crippen LogP contribution is 2.36. The number of fused-ring (bicyclic) bond motifs is 2. The number of carbonyl (C=O) groups is 2. The molecule has 7 nitrogen and oxygen atoms in total. The summed E-state index contributed by atoms with van der Waals surface area (Å²) in [6.07, 6.45) is 1.86. The summed E-state index contributed by atoms with van der Waals surface area (Å²) in [4.78, 5) is 31.4. The van der Waals surface area contributed by atoms with Gasteiger partial charge in [0.15, 0.2) is 11.5 Å². The van der Waals surface area contributed by atoms with Crippen LogP contribution in [0.2, 0.25) is 0 Å². The van der Waals surface area contributed by atoms with E-state index in [-0.39, 0.29) is 18.2 Å². The average Bonchev–Trinajstić information content (AvgIpc) is 3.15. The summed E-state index contributed by atoms with van der Waals surface area (Å²) in [5.41, 5.74) is 2.09. The number of carbonyl (C=O) groups excluding carboxylic acids is 2. The summed E-state index contributed by atoms with van der Waals surface area (Å²) < 4.78 is 11.1. The number of pyridine rings is 1. The van der Waals surface area contributed by atoms with Crippen LogP contribution < -0.4 is 19.7 Å². The SMILES string of the molecule is O=C(Nc1cccc2cccnc12)C1CC(=O)N(c2ccc3c(c2)OCCO3)C1. The molecule has 1 N–H and O–H groups in total. The molecule has 2 aliphatic heterocycles. The van der Waals surface area contributed by atoms with Gasteiger partial charge in [-0.25, -0.2) is 0 Å². The standard InChI is InChI=1S/C22H19N3O4/c26-20-11-15(13-25(20)16-6-7-18-19(12-16)29-10-9-28-18)22(27)24-17-5-1-3-14-4-2-8-23-21(14)17/h1-8,12,15H,9-11,13H2,(H,24,27). The van der Waals surface area contributed by atoms with E-state index in [0.29, 0.717) is 42.6 Å². The summed E-state index contributed by atoms with van der Waals surface area (Å²) >= 11 is 0. The molecule has 1 saturated heterocycles. The van der Waals surface area contributed by atoms with Crippen molar-refractivity contribution in [3.8, 4) is 11.5 Å². The number of amides is 2. The molecule has 0 bridgehead atoms. The van der Waals surface area contributed by atoms with Crippen molar-refractivity contribution in [1.82, 2.24) is 4.98 Å². The van der Waals surface area contributed by atoms with Gasteiger partial charge in [-0.05, 0) is 24.3 Å². The first-order valence-electron chi connectivity index (χ1n) is 9.54. The van der Waals surface area contributed by atoms with Gasteiger partial charge < -0.3 is 19.7 Å². The number of anilines is 2. The van der Waals surface area contributed by atoms with E-state index in [1.807, 2.05) is 36.4 Å². The quantitative estimate of drug-likeness (QED) is 0.745. The van der Waals surface area contributed by atoms with Crippen LogP contribution in [0.25, 0.3) is 10.9 Å². The first kappa shape index (κ1) is 17.5. The molecule has 29 heavy (non-hydrogen) atoms. The third-order valence-electron chi connectivity index (χ3n) is 5.22. The molecule has 2 aliphatic rings. The van der Waals surface area contributed by atoms with E-state index in [0.717, 1.165) is 10.9 Å². The second-order valence-electron chi connectivity index (χ2n) is 7.10.